The second-order valence-electron chi connectivity index (χ2n) is 3.10. The minimum atomic E-state index is -0.670. The van der Waals surface area contributed by atoms with Crippen LogP contribution in [0.15, 0.2) is 5.51 Å². The summed E-state index contributed by atoms with van der Waals surface area (Å²) in [5.41, 5.74) is 2.74. The minimum Gasteiger partial charge on any atom is -0.468 e. The van der Waals surface area contributed by atoms with E-state index in [0.29, 0.717) is 12.8 Å². The van der Waals surface area contributed by atoms with Crippen molar-refractivity contribution in [2.45, 2.75) is 19.8 Å². The Morgan fingerprint density at radius 1 is 1.80 bits per heavy atom. The van der Waals surface area contributed by atoms with E-state index in [4.69, 9.17) is 5.26 Å². The van der Waals surface area contributed by atoms with Crippen LogP contribution in [0.4, 0.5) is 0 Å². The number of nitrogens with zero attached hydrogens (tertiary/aromatic N) is 2. The SMILES string of the molecule is COC(=O)C(C#N)CCc1scnc1C. The molecule has 0 aromatic carbocycles. The van der Waals surface area contributed by atoms with Crippen LogP contribution in [0.2, 0.25) is 0 Å². The van der Waals surface area contributed by atoms with E-state index in [1.807, 2.05) is 13.0 Å². The van der Waals surface area contributed by atoms with Gasteiger partial charge in [-0.1, -0.05) is 0 Å². The van der Waals surface area contributed by atoms with Crippen LogP contribution in [0, 0.1) is 24.2 Å². The maximum Gasteiger partial charge on any atom is 0.323 e. The summed E-state index contributed by atoms with van der Waals surface area (Å²) in [7, 11) is 1.30. The number of methoxy groups -OCH3 is 1. The molecule has 0 amide bonds. The lowest BCUT2D eigenvalue weighted by Crippen LogP contribution is -2.15. The van der Waals surface area contributed by atoms with E-state index < -0.39 is 11.9 Å². The molecule has 0 aliphatic rings. The second-order valence-corrected chi connectivity index (χ2v) is 4.04. The van der Waals surface area contributed by atoms with Crippen molar-refractivity contribution in [2.24, 2.45) is 5.92 Å². The van der Waals surface area contributed by atoms with Gasteiger partial charge in [0, 0.05) is 4.88 Å². The van der Waals surface area contributed by atoms with E-state index in [1.54, 1.807) is 16.8 Å². The molecular weight excluding hydrogens is 212 g/mol. The molecule has 0 aliphatic heterocycles. The van der Waals surface area contributed by atoms with Crippen molar-refractivity contribution >= 4 is 17.3 Å². The number of nitriles is 1. The Bertz CT molecular complexity index is 381. The van der Waals surface area contributed by atoms with Crippen LogP contribution < -0.4 is 0 Å². The lowest BCUT2D eigenvalue weighted by atomic mass is 10.0. The number of rotatable bonds is 4. The summed E-state index contributed by atoms with van der Waals surface area (Å²) in [6.45, 7) is 1.92. The Balaban J connectivity index is 2.53. The molecule has 0 fully saturated rings. The molecule has 1 aromatic heterocycles. The summed E-state index contributed by atoms with van der Waals surface area (Å²) in [6, 6.07) is 1.94. The summed E-state index contributed by atoms with van der Waals surface area (Å²) in [5.74, 6) is -1.13. The summed E-state index contributed by atoms with van der Waals surface area (Å²) in [5, 5.41) is 8.76. The minimum absolute atomic E-state index is 0.459. The second kappa shape index (κ2) is 5.47. The molecule has 1 heterocycles. The molecule has 0 saturated carbocycles. The first-order valence-corrected chi connectivity index (χ1v) is 5.43. The lowest BCUT2D eigenvalue weighted by molar-refractivity contribution is -0.143. The summed E-state index contributed by atoms with van der Waals surface area (Å²) < 4.78 is 4.53. The molecule has 1 atom stereocenters. The quantitative estimate of drug-likeness (QED) is 0.730. The monoisotopic (exact) mass is 224 g/mol. The Labute approximate surface area is 92.5 Å². The maximum atomic E-state index is 11.1. The third-order valence-corrected chi connectivity index (χ3v) is 3.14. The number of hydrogen-bond acceptors (Lipinski definition) is 5. The number of esters is 1. The zero-order valence-corrected chi connectivity index (χ0v) is 9.50. The van der Waals surface area contributed by atoms with Crippen molar-refractivity contribution in [1.29, 1.82) is 5.26 Å². The van der Waals surface area contributed by atoms with E-state index >= 15 is 0 Å². The fraction of sp³-hybridized carbons (Fsp3) is 0.500. The Morgan fingerprint density at radius 3 is 3.00 bits per heavy atom. The van der Waals surface area contributed by atoms with Crippen LogP contribution in [-0.2, 0) is 16.0 Å². The molecule has 80 valence electrons. The van der Waals surface area contributed by atoms with E-state index in [2.05, 4.69) is 9.72 Å². The predicted octanol–water partition coefficient (Wildman–Crippen LogP) is 1.70. The number of carbonyl (C=O) groups excluding carboxylic acids is 1. The van der Waals surface area contributed by atoms with Crippen LogP contribution in [0.1, 0.15) is 17.0 Å². The number of hydrogen-bond donors (Lipinski definition) is 0. The zero-order valence-electron chi connectivity index (χ0n) is 8.69. The van der Waals surface area contributed by atoms with Gasteiger partial charge in [-0.05, 0) is 19.8 Å². The summed E-state index contributed by atoms with van der Waals surface area (Å²) in [6.07, 6.45) is 1.19. The van der Waals surface area contributed by atoms with Gasteiger partial charge in [-0.3, -0.25) is 4.79 Å². The highest BCUT2D eigenvalue weighted by atomic mass is 32.1. The molecule has 0 radical (unpaired) electrons. The number of thiazole rings is 1. The Morgan fingerprint density at radius 2 is 2.53 bits per heavy atom. The van der Waals surface area contributed by atoms with Gasteiger partial charge in [0.1, 0.15) is 5.92 Å². The lowest BCUT2D eigenvalue weighted by Gasteiger charge is -2.05. The highest BCUT2D eigenvalue weighted by molar-refractivity contribution is 7.09. The maximum absolute atomic E-state index is 11.1. The summed E-state index contributed by atoms with van der Waals surface area (Å²) in [4.78, 5) is 16.4. The zero-order chi connectivity index (χ0) is 11.3. The molecule has 4 nitrogen and oxygen atoms in total. The van der Waals surface area contributed by atoms with Crippen molar-refractivity contribution < 1.29 is 9.53 Å². The highest BCUT2D eigenvalue weighted by Crippen LogP contribution is 2.17. The van der Waals surface area contributed by atoms with Gasteiger partial charge in [-0.15, -0.1) is 11.3 Å². The van der Waals surface area contributed by atoms with Crippen molar-refractivity contribution in [3.05, 3.63) is 16.1 Å². The van der Waals surface area contributed by atoms with Crippen LogP contribution in [0.3, 0.4) is 0 Å². The predicted molar refractivity (Wildman–Crippen MR) is 56.3 cm³/mol. The molecule has 1 aromatic rings. The van der Waals surface area contributed by atoms with Gasteiger partial charge >= 0.3 is 5.97 Å². The number of ether oxygens (including phenoxy) is 1. The van der Waals surface area contributed by atoms with Crippen molar-refractivity contribution in [2.75, 3.05) is 7.11 Å². The van der Waals surface area contributed by atoms with Crippen LogP contribution in [-0.4, -0.2) is 18.1 Å². The smallest absolute Gasteiger partial charge is 0.323 e. The third kappa shape index (κ3) is 3.03. The van der Waals surface area contributed by atoms with Crippen LogP contribution in [0.5, 0.6) is 0 Å². The van der Waals surface area contributed by atoms with E-state index in [0.717, 1.165) is 10.6 Å². The first kappa shape index (κ1) is 11.7. The average molecular weight is 224 g/mol. The molecule has 0 bridgehead atoms. The molecule has 0 aliphatic carbocycles. The molecular formula is C10H12N2O2S. The largest absolute Gasteiger partial charge is 0.468 e. The fourth-order valence-corrected chi connectivity index (χ4v) is 2.02. The topological polar surface area (TPSA) is 63.0 Å². The fourth-order valence-electron chi connectivity index (χ4n) is 1.22. The number of aryl methyl sites for hydroxylation is 2. The molecule has 5 heteroatoms. The molecule has 0 saturated heterocycles. The Kier molecular flexibility index (Phi) is 4.25. The van der Waals surface area contributed by atoms with E-state index in [-0.39, 0.29) is 0 Å². The first-order valence-electron chi connectivity index (χ1n) is 4.55. The molecule has 15 heavy (non-hydrogen) atoms. The van der Waals surface area contributed by atoms with Gasteiger partial charge in [-0.25, -0.2) is 4.98 Å². The van der Waals surface area contributed by atoms with Crippen molar-refractivity contribution in [3.63, 3.8) is 0 Å². The van der Waals surface area contributed by atoms with Gasteiger partial charge in [0.25, 0.3) is 0 Å². The number of aromatic nitrogens is 1. The third-order valence-electron chi connectivity index (χ3n) is 2.15. The summed E-state index contributed by atoms with van der Waals surface area (Å²) >= 11 is 1.55. The van der Waals surface area contributed by atoms with Gasteiger partial charge in [0.2, 0.25) is 0 Å². The Hall–Kier alpha value is -1.41. The van der Waals surface area contributed by atoms with Crippen molar-refractivity contribution in [3.8, 4) is 6.07 Å². The number of carbonyl (C=O) groups is 1. The standard InChI is InChI=1S/C10H12N2O2S/c1-7-9(15-6-12-7)4-3-8(5-11)10(13)14-2/h6,8H,3-4H2,1-2H3. The van der Waals surface area contributed by atoms with Gasteiger partial charge in [-0.2, -0.15) is 5.26 Å². The normalized spacial score (nSPS) is 11.8. The van der Waals surface area contributed by atoms with E-state index in [9.17, 15) is 4.79 Å². The molecule has 0 N–H and O–H groups in total. The van der Waals surface area contributed by atoms with Crippen LogP contribution in [0.25, 0.3) is 0 Å². The molecule has 1 rings (SSSR count). The highest BCUT2D eigenvalue weighted by Gasteiger charge is 2.18. The van der Waals surface area contributed by atoms with Crippen LogP contribution >= 0.6 is 11.3 Å². The molecule has 0 spiro atoms. The van der Waals surface area contributed by atoms with Gasteiger partial charge in [0.15, 0.2) is 0 Å². The van der Waals surface area contributed by atoms with Gasteiger partial charge in [0.05, 0.1) is 24.4 Å². The molecule has 1 unspecified atom stereocenters. The van der Waals surface area contributed by atoms with Crippen molar-refractivity contribution in [1.82, 2.24) is 4.98 Å². The van der Waals surface area contributed by atoms with E-state index in [1.165, 1.54) is 7.11 Å². The van der Waals surface area contributed by atoms with Gasteiger partial charge < -0.3 is 4.74 Å². The first-order chi connectivity index (χ1) is 7.19. The average Bonchev–Trinajstić information content (AvgIpc) is 2.65.